The van der Waals surface area contributed by atoms with Crippen LogP contribution in [0.4, 0.5) is 0 Å². The van der Waals surface area contributed by atoms with Crippen LogP contribution >= 0.6 is 11.8 Å². The molecule has 0 saturated carbocycles. The molecule has 30 heavy (non-hydrogen) atoms. The monoisotopic (exact) mass is 423 g/mol. The number of thioether (sulfide) groups is 1. The summed E-state index contributed by atoms with van der Waals surface area (Å²) < 4.78 is 7.35. The zero-order valence-corrected chi connectivity index (χ0v) is 18.0. The van der Waals surface area contributed by atoms with E-state index in [0.717, 1.165) is 36.5 Å². The van der Waals surface area contributed by atoms with Gasteiger partial charge in [-0.15, -0.1) is 10.2 Å². The number of pyridine rings is 1. The van der Waals surface area contributed by atoms with Gasteiger partial charge in [0.05, 0.1) is 18.6 Å². The predicted molar refractivity (Wildman–Crippen MR) is 117 cm³/mol. The molecule has 8 heteroatoms. The maximum atomic E-state index is 12.8. The Morgan fingerprint density at radius 3 is 2.93 bits per heavy atom. The third-order valence-electron chi connectivity index (χ3n) is 5.20. The lowest BCUT2D eigenvalue weighted by Gasteiger charge is -2.30. The van der Waals surface area contributed by atoms with Crippen molar-refractivity contribution in [1.82, 2.24) is 24.6 Å². The average molecular weight is 424 g/mol. The fourth-order valence-electron chi connectivity index (χ4n) is 3.66. The van der Waals surface area contributed by atoms with Crippen molar-refractivity contribution in [2.75, 3.05) is 26.0 Å². The number of carbonyl (C=O) groups excluding carboxylic acids is 1. The highest BCUT2D eigenvalue weighted by Crippen LogP contribution is 2.29. The minimum Gasteiger partial charge on any atom is -0.497 e. The summed E-state index contributed by atoms with van der Waals surface area (Å²) in [7, 11) is 1.64. The van der Waals surface area contributed by atoms with Crippen LogP contribution in [0.2, 0.25) is 0 Å². The molecule has 0 bridgehead atoms. The number of amides is 1. The minimum atomic E-state index is 0.148. The van der Waals surface area contributed by atoms with E-state index in [-0.39, 0.29) is 5.91 Å². The number of ether oxygens (including phenoxy) is 1. The van der Waals surface area contributed by atoms with Crippen molar-refractivity contribution in [3.05, 3.63) is 48.8 Å². The molecule has 0 aliphatic carbocycles. The predicted octanol–water partition coefficient (Wildman–Crippen LogP) is 3.69. The summed E-state index contributed by atoms with van der Waals surface area (Å²) in [5.74, 6) is 2.47. The summed E-state index contributed by atoms with van der Waals surface area (Å²) in [6.07, 6.45) is 5.75. The Balaban J connectivity index is 1.63. The number of aromatic nitrogens is 4. The Bertz CT molecular complexity index is 1010. The summed E-state index contributed by atoms with van der Waals surface area (Å²) >= 11 is 1.41. The summed E-state index contributed by atoms with van der Waals surface area (Å²) in [6, 6.07) is 11.5. The van der Waals surface area contributed by atoms with Crippen molar-refractivity contribution in [3.8, 4) is 22.8 Å². The third kappa shape index (κ3) is 4.48. The highest BCUT2D eigenvalue weighted by molar-refractivity contribution is 7.99. The van der Waals surface area contributed by atoms with E-state index in [2.05, 4.69) is 22.1 Å². The van der Waals surface area contributed by atoms with E-state index in [1.54, 1.807) is 19.5 Å². The van der Waals surface area contributed by atoms with E-state index in [1.165, 1.54) is 18.2 Å². The Hall–Kier alpha value is -2.87. The van der Waals surface area contributed by atoms with Crippen LogP contribution in [0.1, 0.15) is 19.8 Å². The zero-order valence-electron chi connectivity index (χ0n) is 17.2. The summed E-state index contributed by atoms with van der Waals surface area (Å²) in [4.78, 5) is 18.9. The Morgan fingerprint density at radius 1 is 1.27 bits per heavy atom. The third-order valence-corrected chi connectivity index (χ3v) is 6.11. The van der Waals surface area contributed by atoms with E-state index >= 15 is 0 Å². The van der Waals surface area contributed by atoms with Gasteiger partial charge in [0.25, 0.3) is 0 Å². The van der Waals surface area contributed by atoms with Gasteiger partial charge in [-0.25, -0.2) is 0 Å². The van der Waals surface area contributed by atoms with Gasteiger partial charge in [-0.2, -0.15) is 0 Å². The zero-order chi connectivity index (χ0) is 20.9. The molecule has 1 aliphatic rings. The second-order valence-corrected chi connectivity index (χ2v) is 8.40. The normalized spacial score (nSPS) is 16.5. The van der Waals surface area contributed by atoms with Gasteiger partial charge >= 0.3 is 0 Å². The van der Waals surface area contributed by atoms with Crippen LogP contribution in [-0.2, 0) is 4.79 Å². The maximum absolute atomic E-state index is 12.8. The first-order valence-electron chi connectivity index (χ1n) is 10.1. The molecule has 156 valence electrons. The molecule has 0 spiro atoms. The lowest BCUT2D eigenvalue weighted by molar-refractivity contribution is -0.130. The Labute approximate surface area is 180 Å². The molecule has 2 aromatic heterocycles. The first-order chi connectivity index (χ1) is 14.7. The van der Waals surface area contributed by atoms with E-state index in [4.69, 9.17) is 4.74 Å². The van der Waals surface area contributed by atoms with Crippen molar-refractivity contribution < 1.29 is 9.53 Å². The van der Waals surface area contributed by atoms with Crippen LogP contribution in [0.3, 0.4) is 0 Å². The van der Waals surface area contributed by atoms with Gasteiger partial charge < -0.3 is 9.64 Å². The number of benzene rings is 1. The molecule has 1 aromatic carbocycles. The molecule has 1 atom stereocenters. The molecule has 3 aromatic rings. The van der Waals surface area contributed by atoms with Crippen LogP contribution in [0, 0.1) is 5.92 Å². The number of piperidine rings is 1. The molecule has 1 aliphatic heterocycles. The second-order valence-electron chi connectivity index (χ2n) is 7.46. The van der Waals surface area contributed by atoms with E-state index in [9.17, 15) is 4.79 Å². The van der Waals surface area contributed by atoms with Crippen molar-refractivity contribution in [2.45, 2.75) is 24.9 Å². The molecule has 1 saturated heterocycles. The molecule has 0 N–H and O–H groups in total. The van der Waals surface area contributed by atoms with Crippen LogP contribution in [-0.4, -0.2) is 56.5 Å². The highest BCUT2D eigenvalue weighted by Gasteiger charge is 2.23. The van der Waals surface area contributed by atoms with Gasteiger partial charge in [-0.1, -0.05) is 24.8 Å². The molecule has 3 heterocycles. The summed E-state index contributed by atoms with van der Waals surface area (Å²) in [5.41, 5.74) is 1.73. The average Bonchev–Trinajstić information content (AvgIpc) is 3.22. The molecule has 7 nitrogen and oxygen atoms in total. The number of hydrogen-bond donors (Lipinski definition) is 0. The number of carbonyl (C=O) groups is 1. The highest BCUT2D eigenvalue weighted by atomic mass is 32.2. The van der Waals surface area contributed by atoms with Gasteiger partial charge in [-0.3, -0.25) is 14.3 Å². The van der Waals surface area contributed by atoms with E-state index in [0.29, 0.717) is 22.7 Å². The van der Waals surface area contributed by atoms with Gasteiger partial charge in [0.2, 0.25) is 5.91 Å². The van der Waals surface area contributed by atoms with Gasteiger partial charge in [0, 0.05) is 37.1 Å². The largest absolute Gasteiger partial charge is 0.497 e. The number of likely N-dealkylation sites (tertiary alicyclic amines) is 1. The molecule has 1 amide bonds. The van der Waals surface area contributed by atoms with E-state index in [1.807, 2.05) is 45.9 Å². The minimum absolute atomic E-state index is 0.148. The lowest BCUT2D eigenvalue weighted by Crippen LogP contribution is -2.40. The molecular weight excluding hydrogens is 398 g/mol. The SMILES string of the molecule is COc1cccc(-n2c(SCC(=O)N3CCC[C@H](C)C3)nnc2-c2cccnc2)c1. The fraction of sp³-hybridized carbons (Fsp3) is 0.364. The second kappa shape index (κ2) is 9.30. The Kier molecular flexibility index (Phi) is 6.32. The van der Waals surface area contributed by atoms with Gasteiger partial charge in [-0.05, 0) is 43.0 Å². The van der Waals surface area contributed by atoms with Crippen LogP contribution in [0.15, 0.2) is 53.9 Å². The van der Waals surface area contributed by atoms with Crippen molar-refractivity contribution in [2.24, 2.45) is 5.92 Å². The van der Waals surface area contributed by atoms with Crippen LogP contribution < -0.4 is 4.74 Å². The molecule has 1 fully saturated rings. The van der Waals surface area contributed by atoms with Gasteiger partial charge in [0.1, 0.15) is 5.75 Å². The van der Waals surface area contributed by atoms with Crippen molar-refractivity contribution >= 4 is 17.7 Å². The molecular formula is C22H25N5O2S. The standard InChI is InChI=1S/C22H25N5O2S/c1-16-6-5-11-26(14-16)20(28)15-30-22-25-24-21(17-7-4-10-23-13-17)27(22)18-8-3-9-19(12-18)29-2/h3-4,7-10,12-13,16H,5-6,11,14-15H2,1-2H3/t16-/m0/s1. The van der Waals surface area contributed by atoms with Crippen molar-refractivity contribution in [3.63, 3.8) is 0 Å². The summed E-state index contributed by atoms with van der Waals surface area (Å²) in [5, 5.41) is 9.47. The molecule has 0 radical (unpaired) electrons. The fourth-order valence-corrected chi connectivity index (χ4v) is 4.52. The first kappa shape index (κ1) is 20.4. The lowest BCUT2D eigenvalue weighted by atomic mass is 10.0. The number of rotatable bonds is 6. The Morgan fingerprint density at radius 2 is 2.17 bits per heavy atom. The quantitative estimate of drug-likeness (QED) is 0.563. The number of methoxy groups -OCH3 is 1. The number of hydrogen-bond acceptors (Lipinski definition) is 6. The number of nitrogens with zero attached hydrogens (tertiary/aromatic N) is 5. The first-order valence-corrected chi connectivity index (χ1v) is 11.0. The molecule has 4 rings (SSSR count). The van der Waals surface area contributed by atoms with Crippen LogP contribution in [0.25, 0.3) is 17.1 Å². The van der Waals surface area contributed by atoms with Gasteiger partial charge in [0.15, 0.2) is 11.0 Å². The van der Waals surface area contributed by atoms with Crippen LogP contribution in [0.5, 0.6) is 5.75 Å². The molecule has 0 unspecified atom stereocenters. The topological polar surface area (TPSA) is 73.1 Å². The maximum Gasteiger partial charge on any atom is 0.233 e. The van der Waals surface area contributed by atoms with Crippen molar-refractivity contribution in [1.29, 1.82) is 0 Å². The summed E-state index contributed by atoms with van der Waals surface area (Å²) in [6.45, 7) is 3.88. The van der Waals surface area contributed by atoms with E-state index < -0.39 is 0 Å². The smallest absolute Gasteiger partial charge is 0.233 e.